The maximum atomic E-state index is 12.0. The van der Waals surface area contributed by atoms with Gasteiger partial charge < -0.3 is 0 Å². The van der Waals surface area contributed by atoms with Gasteiger partial charge in [0.15, 0.2) is 5.69 Å². The van der Waals surface area contributed by atoms with Crippen LogP contribution in [0.5, 0.6) is 0 Å². The van der Waals surface area contributed by atoms with E-state index in [1.54, 1.807) is 0 Å². The van der Waals surface area contributed by atoms with E-state index < -0.39 is 17.6 Å². The van der Waals surface area contributed by atoms with E-state index in [0.717, 1.165) is 4.68 Å². The van der Waals surface area contributed by atoms with Crippen LogP contribution in [0, 0.1) is 11.3 Å². The first-order valence-corrected chi connectivity index (χ1v) is 2.83. The van der Waals surface area contributed by atoms with Crippen molar-refractivity contribution in [2.24, 2.45) is 7.05 Å². The number of aryl methyl sites for hydroxylation is 1. The number of halogens is 3. The topological polar surface area (TPSA) is 54.5 Å². The van der Waals surface area contributed by atoms with Crippen LogP contribution in [0.1, 0.15) is 11.4 Å². The molecule has 0 aromatic carbocycles. The minimum atomic E-state index is -4.61. The molecule has 0 aliphatic carbocycles. The van der Waals surface area contributed by atoms with Gasteiger partial charge >= 0.3 is 6.18 Å². The molecule has 0 fully saturated rings. The van der Waals surface area contributed by atoms with Crippen LogP contribution in [0.3, 0.4) is 0 Å². The van der Waals surface area contributed by atoms with E-state index in [1.165, 1.54) is 13.1 Å². The second kappa shape index (κ2) is 2.48. The molecule has 0 bridgehead atoms. The third kappa shape index (κ3) is 1.23. The minimum Gasteiger partial charge on any atom is -0.237 e. The molecule has 0 aliphatic heterocycles. The molecule has 1 heterocycles. The zero-order valence-electron chi connectivity index (χ0n) is 5.92. The molecule has 7 heteroatoms. The van der Waals surface area contributed by atoms with Crippen molar-refractivity contribution < 1.29 is 13.2 Å². The molecular weight excluding hydrogens is 173 g/mol. The van der Waals surface area contributed by atoms with Crippen molar-refractivity contribution in [3.05, 3.63) is 11.4 Å². The number of rotatable bonds is 0. The normalized spacial score (nSPS) is 11.2. The first kappa shape index (κ1) is 8.52. The van der Waals surface area contributed by atoms with Gasteiger partial charge in [-0.1, -0.05) is 5.21 Å². The van der Waals surface area contributed by atoms with Crippen molar-refractivity contribution in [3.63, 3.8) is 0 Å². The summed E-state index contributed by atoms with van der Waals surface area (Å²) in [4.78, 5) is 0. The molecule has 0 N–H and O–H groups in total. The Balaban J connectivity index is 3.28. The summed E-state index contributed by atoms with van der Waals surface area (Å²) in [7, 11) is 1.22. The molecule has 0 unspecified atom stereocenters. The minimum absolute atomic E-state index is 0.581. The quantitative estimate of drug-likeness (QED) is 0.584. The molecule has 1 aromatic heterocycles. The Bertz CT molecular complexity index is 331. The van der Waals surface area contributed by atoms with E-state index in [4.69, 9.17) is 5.26 Å². The summed E-state index contributed by atoms with van der Waals surface area (Å²) < 4.78 is 36.7. The van der Waals surface area contributed by atoms with E-state index in [0.29, 0.717) is 0 Å². The van der Waals surface area contributed by atoms with Crippen molar-refractivity contribution in [2.45, 2.75) is 6.18 Å². The molecule has 0 saturated heterocycles. The summed E-state index contributed by atoms with van der Waals surface area (Å²) in [6.07, 6.45) is -4.61. The smallest absolute Gasteiger partial charge is 0.237 e. The van der Waals surface area contributed by atoms with Crippen molar-refractivity contribution in [2.75, 3.05) is 0 Å². The lowest BCUT2D eigenvalue weighted by molar-refractivity contribution is -0.141. The van der Waals surface area contributed by atoms with Crippen molar-refractivity contribution in [3.8, 4) is 6.07 Å². The van der Waals surface area contributed by atoms with E-state index in [1.807, 2.05) is 0 Å². The fraction of sp³-hybridized carbons (Fsp3) is 0.400. The second-order valence-electron chi connectivity index (χ2n) is 2.02. The number of hydrogen-bond acceptors (Lipinski definition) is 3. The predicted molar refractivity (Wildman–Crippen MR) is 30.7 cm³/mol. The standard InChI is InChI=1S/C5H3F3N4/c1-12-3(2-9)4(10-11-12)5(6,7)8/h1H3. The van der Waals surface area contributed by atoms with Crippen molar-refractivity contribution in [1.29, 1.82) is 5.26 Å². The maximum absolute atomic E-state index is 12.0. The molecule has 64 valence electrons. The van der Waals surface area contributed by atoms with Gasteiger partial charge in [-0.15, -0.1) is 5.10 Å². The fourth-order valence-corrected chi connectivity index (χ4v) is 0.673. The lowest BCUT2D eigenvalue weighted by Gasteiger charge is -2.00. The van der Waals surface area contributed by atoms with E-state index in [2.05, 4.69) is 10.3 Å². The van der Waals surface area contributed by atoms with Crippen LogP contribution in [0.2, 0.25) is 0 Å². The Hall–Kier alpha value is -1.58. The summed E-state index contributed by atoms with van der Waals surface area (Å²) in [5.41, 5.74) is -1.82. The first-order valence-electron chi connectivity index (χ1n) is 2.83. The van der Waals surface area contributed by atoms with Crippen LogP contribution < -0.4 is 0 Å². The highest BCUT2D eigenvalue weighted by atomic mass is 19.4. The van der Waals surface area contributed by atoms with Crippen LogP contribution >= 0.6 is 0 Å². The van der Waals surface area contributed by atoms with Gasteiger partial charge in [-0.25, -0.2) is 4.68 Å². The average molecular weight is 176 g/mol. The highest BCUT2D eigenvalue weighted by Gasteiger charge is 2.38. The maximum Gasteiger partial charge on any atom is 0.438 e. The van der Waals surface area contributed by atoms with Gasteiger partial charge in [-0.2, -0.15) is 18.4 Å². The summed E-state index contributed by atoms with van der Waals surface area (Å²) in [6, 6.07) is 1.37. The second-order valence-corrected chi connectivity index (χ2v) is 2.02. The van der Waals surface area contributed by atoms with Gasteiger partial charge in [0.05, 0.1) is 0 Å². The van der Waals surface area contributed by atoms with E-state index in [9.17, 15) is 13.2 Å². The summed E-state index contributed by atoms with van der Waals surface area (Å²) >= 11 is 0. The molecule has 0 atom stereocenters. The van der Waals surface area contributed by atoms with Crippen LogP contribution in [0.25, 0.3) is 0 Å². The van der Waals surface area contributed by atoms with Gasteiger partial charge in [0.1, 0.15) is 6.07 Å². The van der Waals surface area contributed by atoms with E-state index in [-0.39, 0.29) is 0 Å². The van der Waals surface area contributed by atoms with Crippen molar-refractivity contribution >= 4 is 0 Å². The monoisotopic (exact) mass is 176 g/mol. The largest absolute Gasteiger partial charge is 0.438 e. The summed E-state index contributed by atoms with van der Waals surface area (Å²) in [5.74, 6) is 0. The highest BCUT2D eigenvalue weighted by Crippen LogP contribution is 2.29. The first-order chi connectivity index (χ1) is 5.46. The SMILES string of the molecule is Cn1nnc(C(F)(F)F)c1C#N. The van der Waals surface area contributed by atoms with Crippen LogP contribution in [-0.2, 0) is 13.2 Å². The number of aromatic nitrogens is 3. The zero-order valence-corrected chi connectivity index (χ0v) is 5.92. The Morgan fingerprint density at radius 2 is 2.08 bits per heavy atom. The molecule has 0 amide bonds. The van der Waals surface area contributed by atoms with Gasteiger partial charge in [-0.3, -0.25) is 0 Å². The average Bonchev–Trinajstić information content (AvgIpc) is 2.29. The Kier molecular flexibility index (Phi) is 1.76. The molecule has 0 aliphatic rings. The van der Waals surface area contributed by atoms with Crippen LogP contribution in [-0.4, -0.2) is 15.0 Å². The van der Waals surface area contributed by atoms with E-state index >= 15 is 0 Å². The molecule has 0 saturated carbocycles. The Morgan fingerprint density at radius 3 is 2.42 bits per heavy atom. The molecule has 0 spiro atoms. The van der Waals surface area contributed by atoms with Gasteiger partial charge in [-0.05, 0) is 0 Å². The predicted octanol–water partition coefficient (Wildman–Crippen LogP) is 0.706. The molecule has 1 aromatic rings. The third-order valence-electron chi connectivity index (χ3n) is 1.20. The molecule has 12 heavy (non-hydrogen) atoms. The zero-order chi connectivity index (χ0) is 9.35. The lowest BCUT2D eigenvalue weighted by atomic mass is 10.3. The van der Waals surface area contributed by atoms with Gasteiger partial charge in [0.25, 0.3) is 0 Å². The molecular formula is C5H3F3N4. The lowest BCUT2D eigenvalue weighted by Crippen LogP contribution is -2.08. The number of nitriles is 1. The number of nitrogens with zero attached hydrogens (tertiary/aromatic N) is 4. The highest BCUT2D eigenvalue weighted by molar-refractivity contribution is 5.26. The fourth-order valence-electron chi connectivity index (χ4n) is 0.673. The Labute approximate surface area is 65.2 Å². The molecule has 4 nitrogen and oxygen atoms in total. The third-order valence-corrected chi connectivity index (χ3v) is 1.20. The summed E-state index contributed by atoms with van der Waals surface area (Å²) in [5, 5.41) is 14.2. The number of hydrogen-bond donors (Lipinski definition) is 0. The van der Waals surface area contributed by atoms with Crippen molar-refractivity contribution in [1.82, 2.24) is 15.0 Å². The molecule has 0 radical (unpaired) electrons. The molecule has 1 rings (SSSR count). The van der Waals surface area contributed by atoms with Crippen LogP contribution in [0.4, 0.5) is 13.2 Å². The number of alkyl halides is 3. The summed E-state index contributed by atoms with van der Waals surface area (Å²) in [6.45, 7) is 0. The van der Waals surface area contributed by atoms with Gasteiger partial charge in [0.2, 0.25) is 5.69 Å². The van der Waals surface area contributed by atoms with Crippen LogP contribution in [0.15, 0.2) is 0 Å². The Morgan fingerprint density at radius 1 is 1.50 bits per heavy atom. The van der Waals surface area contributed by atoms with Gasteiger partial charge in [0, 0.05) is 7.05 Å².